The number of hydrogen-bond donors (Lipinski definition) is 3. The van der Waals surface area contributed by atoms with Crippen LogP contribution in [0.4, 0.5) is 0 Å². The number of oxime groups is 1. The minimum Gasteiger partial charge on any atom is -0.411 e. The van der Waals surface area contributed by atoms with E-state index in [2.05, 4.69) is 10.5 Å². The molecule has 106 valence electrons. The van der Waals surface area contributed by atoms with Crippen LogP contribution in [-0.4, -0.2) is 44.6 Å². The summed E-state index contributed by atoms with van der Waals surface area (Å²) in [7, 11) is 0. The number of carbonyl (C=O) groups is 1. The van der Waals surface area contributed by atoms with E-state index in [-0.39, 0.29) is 11.2 Å². The predicted molar refractivity (Wildman–Crippen MR) is 77.3 cm³/mol. The van der Waals surface area contributed by atoms with Crippen molar-refractivity contribution in [2.45, 2.75) is 29.7 Å². The quantitative estimate of drug-likeness (QED) is 0.566. The van der Waals surface area contributed by atoms with Gasteiger partial charge >= 0.3 is 0 Å². The summed E-state index contributed by atoms with van der Waals surface area (Å²) in [5.41, 5.74) is 0.445. The van der Waals surface area contributed by atoms with Gasteiger partial charge in [-0.15, -0.1) is 11.8 Å². The molecule has 1 saturated carbocycles. The van der Waals surface area contributed by atoms with Crippen LogP contribution < -0.4 is 5.32 Å². The molecule has 6 heteroatoms. The molecule has 2 fully saturated rings. The van der Waals surface area contributed by atoms with Crippen LogP contribution >= 0.6 is 11.8 Å². The van der Waals surface area contributed by atoms with E-state index < -0.39 is 11.6 Å². The zero-order valence-corrected chi connectivity index (χ0v) is 11.6. The molecule has 1 aliphatic carbocycles. The second kappa shape index (κ2) is 5.10. The predicted octanol–water partition coefficient (Wildman–Crippen LogP) is 1.26. The van der Waals surface area contributed by atoms with Crippen LogP contribution in [0.3, 0.4) is 0 Å². The summed E-state index contributed by atoms with van der Waals surface area (Å²) < 4.78 is 0. The van der Waals surface area contributed by atoms with E-state index in [4.69, 9.17) is 0 Å². The highest BCUT2D eigenvalue weighted by Gasteiger charge is 2.53. The summed E-state index contributed by atoms with van der Waals surface area (Å²) in [6, 6.07) is 8.97. The van der Waals surface area contributed by atoms with E-state index in [1.54, 1.807) is 12.1 Å². The maximum absolute atomic E-state index is 12.3. The van der Waals surface area contributed by atoms with E-state index >= 15 is 0 Å². The number of hydrogen-bond acceptors (Lipinski definition) is 5. The number of amides is 1. The Morgan fingerprint density at radius 3 is 2.85 bits per heavy atom. The molecule has 2 bridgehead atoms. The van der Waals surface area contributed by atoms with Crippen molar-refractivity contribution in [1.82, 2.24) is 5.32 Å². The van der Waals surface area contributed by atoms with Crippen molar-refractivity contribution in [2.75, 3.05) is 5.75 Å². The van der Waals surface area contributed by atoms with Crippen molar-refractivity contribution in [3.8, 4) is 0 Å². The summed E-state index contributed by atoms with van der Waals surface area (Å²) >= 11 is 1.53. The molecular formula is C14H16N2O3S. The normalized spacial score (nSPS) is 34.1. The number of aliphatic hydroxyl groups excluding tert-OH is 1. The highest BCUT2D eigenvalue weighted by Crippen LogP contribution is 2.43. The van der Waals surface area contributed by atoms with Gasteiger partial charge in [-0.2, -0.15) is 0 Å². The maximum Gasteiger partial charge on any atom is 0.252 e. The maximum atomic E-state index is 12.3. The van der Waals surface area contributed by atoms with Crippen LogP contribution in [0.25, 0.3) is 0 Å². The lowest BCUT2D eigenvalue weighted by atomic mass is 9.80. The van der Waals surface area contributed by atoms with E-state index in [9.17, 15) is 15.1 Å². The van der Waals surface area contributed by atoms with Crippen molar-refractivity contribution in [1.29, 1.82) is 0 Å². The molecule has 1 saturated heterocycles. The molecule has 3 N–H and O–H groups in total. The SMILES string of the molecule is O=C(N[C@]12CC[C@@H](O)[C@H](SC1)/C2=N\O)c1ccccc1. The Balaban J connectivity index is 1.85. The molecule has 0 unspecified atom stereocenters. The van der Waals surface area contributed by atoms with Gasteiger partial charge < -0.3 is 15.6 Å². The fraction of sp³-hybridized carbons (Fsp3) is 0.429. The Bertz CT molecular complexity index is 549. The number of carbonyl (C=O) groups excluding carboxylic acids is 1. The van der Waals surface area contributed by atoms with E-state index in [1.807, 2.05) is 18.2 Å². The highest BCUT2D eigenvalue weighted by molar-refractivity contribution is 8.01. The largest absolute Gasteiger partial charge is 0.411 e. The van der Waals surface area contributed by atoms with Crippen LogP contribution in [0.1, 0.15) is 23.2 Å². The van der Waals surface area contributed by atoms with Gasteiger partial charge in [0.05, 0.1) is 22.6 Å². The molecular weight excluding hydrogens is 276 g/mol. The Morgan fingerprint density at radius 1 is 1.40 bits per heavy atom. The monoisotopic (exact) mass is 292 g/mol. The first-order valence-corrected chi connectivity index (χ1v) is 7.61. The lowest BCUT2D eigenvalue weighted by Crippen LogP contribution is -2.59. The molecule has 1 aromatic carbocycles. The number of nitrogens with one attached hydrogen (secondary N) is 1. The van der Waals surface area contributed by atoms with Crippen LogP contribution in [-0.2, 0) is 0 Å². The van der Waals surface area contributed by atoms with Crippen LogP contribution in [0.15, 0.2) is 35.5 Å². The zero-order chi connectivity index (χ0) is 14.2. The van der Waals surface area contributed by atoms with Gasteiger partial charge in [-0.1, -0.05) is 23.4 Å². The van der Waals surface area contributed by atoms with E-state index in [0.717, 1.165) is 0 Å². The minimum absolute atomic E-state index is 0.176. The fourth-order valence-corrected chi connectivity index (χ4v) is 4.51. The highest BCUT2D eigenvalue weighted by atomic mass is 32.2. The number of nitrogens with zero attached hydrogens (tertiary/aromatic N) is 1. The third-order valence-electron chi connectivity index (χ3n) is 3.98. The van der Waals surface area contributed by atoms with Gasteiger partial charge in [0.15, 0.2) is 0 Å². The Morgan fingerprint density at radius 2 is 2.15 bits per heavy atom. The summed E-state index contributed by atoms with van der Waals surface area (Å²) in [4.78, 5) is 12.3. The number of fused-ring (bicyclic) bond motifs is 2. The summed E-state index contributed by atoms with van der Waals surface area (Å²) in [6.07, 6.45) is 0.691. The summed E-state index contributed by atoms with van der Waals surface area (Å²) in [5.74, 6) is 0.455. The van der Waals surface area contributed by atoms with Gasteiger partial charge in [0.1, 0.15) is 0 Å². The van der Waals surface area contributed by atoms with Crippen molar-refractivity contribution >= 4 is 23.4 Å². The van der Waals surface area contributed by atoms with E-state index in [0.29, 0.717) is 29.9 Å². The molecule has 1 heterocycles. The molecule has 3 atom stereocenters. The van der Waals surface area contributed by atoms with Gasteiger partial charge in [-0.25, -0.2) is 0 Å². The minimum atomic E-state index is -0.629. The van der Waals surface area contributed by atoms with Gasteiger partial charge in [0.2, 0.25) is 0 Å². The van der Waals surface area contributed by atoms with Crippen molar-refractivity contribution in [3.05, 3.63) is 35.9 Å². The molecule has 0 spiro atoms. The van der Waals surface area contributed by atoms with Gasteiger partial charge in [-0.05, 0) is 25.0 Å². The van der Waals surface area contributed by atoms with E-state index in [1.165, 1.54) is 11.8 Å². The lowest BCUT2D eigenvalue weighted by Gasteiger charge is -2.35. The number of thioether (sulfide) groups is 1. The second-order valence-corrected chi connectivity index (χ2v) is 6.36. The smallest absolute Gasteiger partial charge is 0.252 e. The molecule has 5 nitrogen and oxygen atoms in total. The average Bonchev–Trinajstić information content (AvgIpc) is 2.76. The van der Waals surface area contributed by atoms with Crippen molar-refractivity contribution < 1.29 is 15.1 Å². The first-order chi connectivity index (χ1) is 9.66. The Kier molecular flexibility index (Phi) is 3.43. The summed E-state index contributed by atoms with van der Waals surface area (Å²) in [5, 5.41) is 25.3. The molecule has 0 radical (unpaired) electrons. The number of benzene rings is 1. The first-order valence-electron chi connectivity index (χ1n) is 6.56. The molecule has 1 aliphatic heterocycles. The van der Waals surface area contributed by atoms with Gasteiger partial charge in [0.25, 0.3) is 5.91 Å². The van der Waals surface area contributed by atoms with Crippen molar-refractivity contribution in [2.24, 2.45) is 5.16 Å². The lowest BCUT2D eigenvalue weighted by molar-refractivity contribution is 0.0904. The zero-order valence-electron chi connectivity index (χ0n) is 10.8. The molecule has 20 heavy (non-hydrogen) atoms. The molecule has 1 amide bonds. The Hall–Kier alpha value is -1.53. The Labute approximate surface area is 121 Å². The third-order valence-corrected chi connectivity index (χ3v) is 5.54. The average molecular weight is 292 g/mol. The van der Waals surface area contributed by atoms with Gasteiger partial charge in [-0.3, -0.25) is 4.79 Å². The number of rotatable bonds is 2. The van der Waals surface area contributed by atoms with Crippen LogP contribution in [0.5, 0.6) is 0 Å². The summed E-state index contributed by atoms with van der Waals surface area (Å²) in [6.45, 7) is 0. The molecule has 0 aromatic heterocycles. The topological polar surface area (TPSA) is 81.9 Å². The fourth-order valence-electron chi connectivity index (χ4n) is 2.89. The molecule has 2 aliphatic rings. The number of aliphatic hydroxyl groups is 1. The molecule has 3 rings (SSSR count). The van der Waals surface area contributed by atoms with Crippen LogP contribution in [0, 0.1) is 0 Å². The van der Waals surface area contributed by atoms with Crippen LogP contribution in [0.2, 0.25) is 0 Å². The third kappa shape index (κ3) is 2.09. The van der Waals surface area contributed by atoms with Gasteiger partial charge in [0, 0.05) is 11.3 Å². The first kappa shape index (κ1) is 13.5. The standard InChI is InChI=1S/C14H16N2O3S/c17-10-6-7-14(8-20-11(10)12(14)16-19)15-13(18)9-4-2-1-3-5-9/h1-5,10-11,17,19H,6-8H2,(H,15,18)/b16-12+/t10-,11+,14-/m1/s1. The van der Waals surface area contributed by atoms with Crippen molar-refractivity contribution in [3.63, 3.8) is 0 Å². The second-order valence-electron chi connectivity index (χ2n) is 5.23. The molecule has 1 aromatic rings.